The number of anilines is 1. The van der Waals surface area contributed by atoms with Crippen molar-refractivity contribution in [3.05, 3.63) is 47.5 Å². The lowest BCUT2D eigenvalue weighted by Crippen LogP contribution is -2.21. The molecule has 1 aliphatic rings. The van der Waals surface area contributed by atoms with Gasteiger partial charge in [-0.05, 0) is 37.6 Å². The van der Waals surface area contributed by atoms with Gasteiger partial charge in [-0.3, -0.25) is 4.79 Å². The molecule has 0 saturated heterocycles. The van der Waals surface area contributed by atoms with Crippen LogP contribution < -0.4 is 19.5 Å². The highest BCUT2D eigenvalue weighted by molar-refractivity contribution is 5.92. The number of ether oxygens (including phenoxy) is 3. The molecule has 2 aromatic rings. The first-order valence-corrected chi connectivity index (χ1v) is 7.51. The fourth-order valence-electron chi connectivity index (χ4n) is 2.42. The van der Waals surface area contributed by atoms with Crippen LogP contribution in [0.5, 0.6) is 17.2 Å². The van der Waals surface area contributed by atoms with Crippen LogP contribution in [0, 0.1) is 13.8 Å². The van der Waals surface area contributed by atoms with Crippen molar-refractivity contribution in [1.29, 1.82) is 0 Å². The van der Waals surface area contributed by atoms with Crippen molar-refractivity contribution >= 4 is 11.6 Å². The Kier molecular flexibility index (Phi) is 4.37. The van der Waals surface area contributed by atoms with Crippen LogP contribution in [0.25, 0.3) is 0 Å². The first-order valence-electron chi connectivity index (χ1n) is 7.51. The molecule has 120 valence electrons. The van der Waals surface area contributed by atoms with Gasteiger partial charge in [-0.1, -0.05) is 17.7 Å². The molecule has 0 aliphatic carbocycles. The average Bonchev–Trinajstić information content (AvgIpc) is 2.54. The highest BCUT2D eigenvalue weighted by atomic mass is 16.6. The Bertz CT molecular complexity index is 727. The number of benzene rings is 2. The summed E-state index contributed by atoms with van der Waals surface area (Å²) in [7, 11) is 0. The fraction of sp³-hybridized carbons (Fsp3) is 0.278. The second kappa shape index (κ2) is 6.60. The summed E-state index contributed by atoms with van der Waals surface area (Å²) in [5.74, 6) is 1.83. The third kappa shape index (κ3) is 3.74. The number of aryl methyl sites for hydroxylation is 2. The number of carbonyl (C=O) groups is 1. The minimum absolute atomic E-state index is 0.0433. The Morgan fingerprint density at radius 1 is 1.09 bits per heavy atom. The standard InChI is InChI=1S/C18H19NO4/c1-12-3-5-15(13(2)9-12)23-11-18(20)19-14-4-6-16-17(10-14)22-8-7-21-16/h3-6,9-10H,7-8,11H2,1-2H3,(H,19,20). The third-order valence-corrected chi connectivity index (χ3v) is 3.52. The van der Waals surface area contributed by atoms with Gasteiger partial charge in [0.1, 0.15) is 19.0 Å². The van der Waals surface area contributed by atoms with Crippen molar-refractivity contribution < 1.29 is 19.0 Å². The number of carbonyl (C=O) groups excluding carboxylic acids is 1. The summed E-state index contributed by atoms with van der Waals surface area (Å²) < 4.78 is 16.5. The van der Waals surface area contributed by atoms with E-state index in [1.807, 2.05) is 32.0 Å². The quantitative estimate of drug-likeness (QED) is 0.942. The molecule has 0 aromatic heterocycles. The van der Waals surface area contributed by atoms with Crippen LogP contribution in [0.3, 0.4) is 0 Å². The predicted molar refractivity (Wildman–Crippen MR) is 87.5 cm³/mol. The van der Waals surface area contributed by atoms with Crippen LogP contribution in [-0.2, 0) is 4.79 Å². The average molecular weight is 313 g/mol. The maximum Gasteiger partial charge on any atom is 0.262 e. The normalized spacial score (nSPS) is 12.6. The molecule has 5 heteroatoms. The molecular weight excluding hydrogens is 294 g/mol. The van der Waals surface area contributed by atoms with E-state index in [9.17, 15) is 4.79 Å². The number of hydrogen-bond acceptors (Lipinski definition) is 4. The van der Waals surface area contributed by atoms with Crippen molar-refractivity contribution in [3.63, 3.8) is 0 Å². The number of nitrogens with one attached hydrogen (secondary N) is 1. The van der Waals surface area contributed by atoms with Crippen LogP contribution in [0.4, 0.5) is 5.69 Å². The van der Waals surface area contributed by atoms with Crippen molar-refractivity contribution in [2.75, 3.05) is 25.1 Å². The van der Waals surface area contributed by atoms with E-state index in [1.165, 1.54) is 0 Å². The van der Waals surface area contributed by atoms with E-state index >= 15 is 0 Å². The summed E-state index contributed by atoms with van der Waals surface area (Å²) in [5.41, 5.74) is 2.83. The van der Waals surface area contributed by atoms with E-state index in [-0.39, 0.29) is 12.5 Å². The van der Waals surface area contributed by atoms with E-state index in [1.54, 1.807) is 18.2 Å². The molecule has 1 amide bonds. The van der Waals surface area contributed by atoms with Crippen molar-refractivity contribution in [3.8, 4) is 17.2 Å². The Morgan fingerprint density at radius 3 is 2.65 bits per heavy atom. The Balaban J connectivity index is 1.59. The Hall–Kier alpha value is -2.69. The van der Waals surface area contributed by atoms with Crippen molar-refractivity contribution in [2.24, 2.45) is 0 Å². The zero-order chi connectivity index (χ0) is 16.2. The van der Waals surface area contributed by atoms with E-state index in [0.29, 0.717) is 36.1 Å². The van der Waals surface area contributed by atoms with Crippen molar-refractivity contribution in [2.45, 2.75) is 13.8 Å². The van der Waals surface area contributed by atoms with Gasteiger partial charge in [0, 0.05) is 11.8 Å². The lowest BCUT2D eigenvalue weighted by atomic mass is 10.1. The molecule has 0 bridgehead atoms. The maximum absolute atomic E-state index is 12.0. The molecule has 5 nitrogen and oxygen atoms in total. The monoisotopic (exact) mass is 313 g/mol. The summed E-state index contributed by atoms with van der Waals surface area (Å²) in [6.45, 7) is 4.99. The minimum atomic E-state index is -0.221. The van der Waals surface area contributed by atoms with Gasteiger partial charge in [0.05, 0.1) is 0 Å². The zero-order valence-electron chi connectivity index (χ0n) is 13.2. The van der Waals surface area contributed by atoms with Crippen LogP contribution in [0.1, 0.15) is 11.1 Å². The Labute approximate surface area is 135 Å². The highest BCUT2D eigenvalue weighted by Crippen LogP contribution is 2.32. The second-order valence-corrected chi connectivity index (χ2v) is 5.46. The summed E-state index contributed by atoms with van der Waals surface area (Å²) in [6, 6.07) is 11.2. The highest BCUT2D eigenvalue weighted by Gasteiger charge is 2.13. The van der Waals surface area contributed by atoms with Gasteiger partial charge in [0.25, 0.3) is 5.91 Å². The molecule has 1 N–H and O–H groups in total. The van der Waals surface area contributed by atoms with Crippen LogP contribution >= 0.6 is 0 Å². The molecule has 0 unspecified atom stereocenters. The third-order valence-electron chi connectivity index (χ3n) is 3.52. The first kappa shape index (κ1) is 15.2. The number of fused-ring (bicyclic) bond motifs is 1. The Morgan fingerprint density at radius 2 is 1.87 bits per heavy atom. The summed E-state index contributed by atoms with van der Waals surface area (Å²) in [6.07, 6.45) is 0. The molecular formula is C18H19NO4. The molecule has 2 aromatic carbocycles. The lowest BCUT2D eigenvalue weighted by molar-refractivity contribution is -0.118. The van der Waals surface area contributed by atoms with E-state index in [4.69, 9.17) is 14.2 Å². The van der Waals surface area contributed by atoms with Crippen molar-refractivity contribution in [1.82, 2.24) is 0 Å². The molecule has 0 spiro atoms. The number of rotatable bonds is 4. The van der Waals surface area contributed by atoms with Gasteiger partial charge < -0.3 is 19.5 Å². The number of hydrogen-bond donors (Lipinski definition) is 1. The number of amides is 1. The predicted octanol–water partition coefficient (Wildman–Crippen LogP) is 3.09. The molecule has 0 fully saturated rings. The molecule has 23 heavy (non-hydrogen) atoms. The van der Waals surface area contributed by atoms with Crippen LogP contribution in [0.15, 0.2) is 36.4 Å². The van der Waals surface area contributed by atoms with Gasteiger partial charge in [0.2, 0.25) is 0 Å². The van der Waals surface area contributed by atoms with Gasteiger partial charge in [-0.15, -0.1) is 0 Å². The maximum atomic E-state index is 12.0. The van der Waals surface area contributed by atoms with Crippen LogP contribution in [0.2, 0.25) is 0 Å². The summed E-state index contributed by atoms with van der Waals surface area (Å²) in [4.78, 5) is 12.0. The molecule has 0 saturated carbocycles. The minimum Gasteiger partial charge on any atom is -0.486 e. The van der Waals surface area contributed by atoms with Gasteiger partial charge >= 0.3 is 0 Å². The lowest BCUT2D eigenvalue weighted by Gasteiger charge is -2.19. The largest absolute Gasteiger partial charge is 0.486 e. The SMILES string of the molecule is Cc1ccc(OCC(=O)Nc2ccc3c(c2)OCCO3)c(C)c1. The zero-order valence-corrected chi connectivity index (χ0v) is 13.2. The topological polar surface area (TPSA) is 56.8 Å². The van der Waals surface area contributed by atoms with E-state index in [2.05, 4.69) is 5.32 Å². The second-order valence-electron chi connectivity index (χ2n) is 5.46. The molecule has 0 atom stereocenters. The summed E-state index contributed by atoms with van der Waals surface area (Å²) in [5, 5.41) is 2.79. The smallest absolute Gasteiger partial charge is 0.262 e. The molecule has 3 rings (SSSR count). The van der Waals surface area contributed by atoms with Gasteiger partial charge in [-0.25, -0.2) is 0 Å². The first-order chi connectivity index (χ1) is 11.1. The van der Waals surface area contributed by atoms with Gasteiger partial charge in [0.15, 0.2) is 18.1 Å². The van der Waals surface area contributed by atoms with E-state index < -0.39 is 0 Å². The molecule has 1 heterocycles. The molecule has 1 aliphatic heterocycles. The fourth-order valence-corrected chi connectivity index (χ4v) is 2.42. The van der Waals surface area contributed by atoms with Crippen LogP contribution in [-0.4, -0.2) is 25.7 Å². The van der Waals surface area contributed by atoms with E-state index in [0.717, 1.165) is 11.1 Å². The van der Waals surface area contributed by atoms with Gasteiger partial charge in [-0.2, -0.15) is 0 Å². The summed E-state index contributed by atoms with van der Waals surface area (Å²) >= 11 is 0. The molecule has 0 radical (unpaired) electrons.